The molecule has 6 nitrogen and oxygen atoms in total. The molecule has 1 amide bonds. The first-order chi connectivity index (χ1) is 12.4. The predicted molar refractivity (Wildman–Crippen MR) is 101 cm³/mol. The van der Waals surface area contributed by atoms with Gasteiger partial charge in [-0.15, -0.1) is 5.11 Å². The molecular formula is C20H22N4O2. The van der Waals surface area contributed by atoms with E-state index in [2.05, 4.69) is 35.5 Å². The second kappa shape index (κ2) is 7.00. The lowest BCUT2D eigenvalue weighted by atomic mass is 9.85. The number of carbonyl (C=O) groups is 1. The lowest BCUT2D eigenvalue weighted by Crippen LogP contribution is -2.44. The molecular weight excluding hydrogens is 328 g/mol. The fourth-order valence-corrected chi connectivity index (χ4v) is 3.01. The minimum atomic E-state index is -0.628. The number of hydrogen-bond donors (Lipinski definition) is 2. The van der Waals surface area contributed by atoms with Gasteiger partial charge >= 0.3 is 0 Å². The van der Waals surface area contributed by atoms with Gasteiger partial charge in [0, 0.05) is 11.1 Å². The highest BCUT2D eigenvalue weighted by molar-refractivity contribution is 6.00. The number of fused-ring (bicyclic) bond motifs is 1. The molecule has 0 spiro atoms. The third-order valence-corrected chi connectivity index (χ3v) is 4.19. The summed E-state index contributed by atoms with van der Waals surface area (Å²) in [4.78, 5) is 12.1. The number of amides is 1. The highest BCUT2D eigenvalue weighted by Crippen LogP contribution is 2.32. The zero-order chi connectivity index (χ0) is 18.7. The van der Waals surface area contributed by atoms with Crippen LogP contribution in [0.3, 0.4) is 0 Å². The van der Waals surface area contributed by atoms with Gasteiger partial charge in [-0.05, 0) is 50.1 Å². The lowest BCUT2D eigenvalue weighted by Gasteiger charge is -2.35. The molecule has 0 aliphatic carbocycles. The van der Waals surface area contributed by atoms with E-state index in [0.29, 0.717) is 11.4 Å². The van der Waals surface area contributed by atoms with Gasteiger partial charge in [-0.3, -0.25) is 4.79 Å². The molecule has 3 rings (SSSR count). The molecule has 2 aromatic rings. The number of nitrogens with two attached hydrogens (primary N) is 1. The van der Waals surface area contributed by atoms with Crippen molar-refractivity contribution in [1.29, 1.82) is 0 Å². The Bertz CT molecular complexity index is 883. The third-order valence-electron chi connectivity index (χ3n) is 4.19. The number of benzene rings is 2. The topological polar surface area (TPSA) is 89.1 Å². The molecule has 0 aromatic heterocycles. The fourth-order valence-electron chi connectivity index (χ4n) is 3.01. The van der Waals surface area contributed by atoms with Gasteiger partial charge in [-0.25, -0.2) is 0 Å². The highest BCUT2D eigenvalue weighted by atomic mass is 16.5. The van der Waals surface area contributed by atoms with Gasteiger partial charge in [-0.1, -0.05) is 24.3 Å². The quantitative estimate of drug-likeness (QED) is 0.653. The van der Waals surface area contributed by atoms with Crippen LogP contribution in [0.1, 0.15) is 25.0 Å². The van der Waals surface area contributed by atoms with Crippen LogP contribution in [0.2, 0.25) is 0 Å². The Labute approximate surface area is 152 Å². The third kappa shape index (κ3) is 3.74. The Morgan fingerprint density at radius 2 is 1.85 bits per heavy atom. The zero-order valence-corrected chi connectivity index (χ0v) is 15.1. The van der Waals surface area contributed by atoms with Gasteiger partial charge in [0.15, 0.2) is 5.70 Å². The van der Waals surface area contributed by atoms with Crippen LogP contribution in [0.4, 0.5) is 5.69 Å². The molecule has 2 aromatic carbocycles. The van der Waals surface area contributed by atoms with E-state index in [-0.39, 0.29) is 11.2 Å². The normalized spacial score (nSPS) is 17.3. The maximum absolute atomic E-state index is 12.1. The summed E-state index contributed by atoms with van der Waals surface area (Å²) < 4.78 is 5.12. The van der Waals surface area contributed by atoms with Gasteiger partial charge < -0.3 is 15.8 Å². The summed E-state index contributed by atoms with van der Waals surface area (Å²) >= 11 is 0. The first kappa shape index (κ1) is 17.7. The molecule has 26 heavy (non-hydrogen) atoms. The van der Waals surface area contributed by atoms with E-state index in [9.17, 15) is 4.79 Å². The minimum absolute atomic E-state index is 0.112. The Hall–Kier alpha value is -3.15. The standard InChI is InChI=1S/C20H22N4O2/c1-20(2)12-13-6-4-5-7-16(13)17(22-20)18(19(21)25)24-23-14-8-10-15(26-3)11-9-14/h4-11,22H,12H2,1-3H3,(H2,21,25). The molecule has 0 radical (unpaired) electrons. The van der Waals surface area contributed by atoms with Crippen LogP contribution < -0.4 is 15.8 Å². The van der Waals surface area contributed by atoms with Crippen molar-refractivity contribution in [1.82, 2.24) is 5.32 Å². The summed E-state index contributed by atoms with van der Waals surface area (Å²) in [6.45, 7) is 4.14. The summed E-state index contributed by atoms with van der Waals surface area (Å²) in [6, 6.07) is 15.0. The summed E-state index contributed by atoms with van der Waals surface area (Å²) in [7, 11) is 1.60. The van der Waals surface area contributed by atoms with Crippen molar-refractivity contribution in [3.05, 3.63) is 65.4 Å². The van der Waals surface area contributed by atoms with E-state index in [0.717, 1.165) is 23.3 Å². The number of rotatable bonds is 4. The summed E-state index contributed by atoms with van der Waals surface area (Å²) in [5.74, 6) is 0.0966. The molecule has 0 saturated carbocycles. The van der Waals surface area contributed by atoms with Gasteiger partial charge in [0.25, 0.3) is 5.91 Å². The van der Waals surface area contributed by atoms with E-state index in [4.69, 9.17) is 10.5 Å². The minimum Gasteiger partial charge on any atom is -0.497 e. The molecule has 0 atom stereocenters. The van der Waals surface area contributed by atoms with Crippen LogP contribution in [0.5, 0.6) is 5.75 Å². The number of primary amides is 1. The average molecular weight is 350 g/mol. The number of hydrogen-bond acceptors (Lipinski definition) is 5. The number of ether oxygens (including phenoxy) is 1. The van der Waals surface area contributed by atoms with Crippen LogP contribution in [0.25, 0.3) is 5.70 Å². The van der Waals surface area contributed by atoms with Gasteiger partial charge in [0.05, 0.1) is 18.5 Å². The van der Waals surface area contributed by atoms with Crippen molar-refractivity contribution in [2.75, 3.05) is 7.11 Å². The Balaban J connectivity index is 2.05. The summed E-state index contributed by atoms with van der Waals surface area (Å²) in [5, 5.41) is 11.7. The van der Waals surface area contributed by atoms with Crippen molar-refractivity contribution in [2.45, 2.75) is 25.8 Å². The number of methoxy groups -OCH3 is 1. The summed E-state index contributed by atoms with van der Waals surface area (Å²) in [5.41, 5.74) is 8.79. The fraction of sp³-hybridized carbons (Fsp3) is 0.250. The highest BCUT2D eigenvalue weighted by Gasteiger charge is 2.30. The van der Waals surface area contributed by atoms with E-state index in [1.165, 1.54) is 0 Å². The van der Waals surface area contributed by atoms with Crippen LogP contribution in [0, 0.1) is 0 Å². The van der Waals surface area contributed by atoms with E-state index in [1.807, 2.05) is 18.2 Å². The molecule has 1 heterocycles. The summed E-state index contributed by atoms with van der Waals surface area (Å²) in [6.07, 6.45) is 0.842. The van der Waals surface area contributed by atoms with Crippen molar-refractivity contribution in [2.24, 2.45) is 16.0 Å². The second-order valence-electron chi connectivity index (χ2n) is 6.83. The maximum Gasteiger partial charge on any atom is 0.271 e. The van der Waals surface area contributed by atoms with Gasteiger partial charge in [0.2, 0.25) is 0 Å². The molecule has 0 bridgehead atoms. The van der Waals surface area contributed by atoms with E-state index < -0.39 is 5.91 Å². The van der Waals surface area contributed by atoms with Crippen molar-refractivity contribution < 1.29 is 9.53 Å². The average Bonchev–Trinajstić information content (AvgIpc) is 2.61. The molecule has 1 aliphatic heterocycles. The van der Waals surface area contributed by atoms with Crippen molar-refractivity contribution in [3.8, 4) is 5.75 Å². The van der Waals surface area contributed by atoms with E-state index >= 15 is 0 Å². The number of carbonyl (C=O) groups excluding carboxylic acids is 1. The molecule has 0 saturated heterocycles. The molecule has 6 heteroatoms. The van der Waals surface area contributed by atoms with Crippen molar-refractivity contribution >= 4 is 17.3 Å². The number of nitrogens with zero attached hydrogens (tertiary/aromatic N) is 2. The number of nitrogens with one attached hydrogen (secondary N) is 1. The SMILES string of the molecule is COc1ccc(N=NC(C(N)=O)=C2NC(C)(C)Cc3ccccc32)cc1. The molecule has 0 unspecified atom stereocenters. The van der Waals surface area contributed by atoms with E-state index in [1.54, 1.807) is 31.4 Å². The Morgan fingerprint density at radius 3 is 2.50 bits per heavy atom. The molecule has 3 N–H and O–H groups in total. The number of azo groups is 1. The monoisotopic (exact) mass is 350 g/mol. The van der Waals surface area contributed by atoms with Crippen LogP contribution in [-0.2, 0) is 11.2 Å². The maximum atomic E-state index is 12.1. The van der Waals surface area contributed by atoms with Crippen LogP contribution in [-0.4, -0.2) is 18.6 Å². The predicted octanol–water partition coefficient (Wildman–Crippen LogP) is 3.56. The Morgan fingerprint density at radius 1 is 1.15 bits per heavy atom. The molecule has 0 fully saturated rings. The zero-order valence-electron chi connectivity index (χ0n) is 15.1. The lowest BCUT2D eigenvalue weighted by molar-refractivity contribution is -0.114. The molecule has 134 valence electrons. The largest absolute Gasteiger partial charge is 0.497 e. The Kier molecular flexibility index (Phi) is 4.75. The van der Waals surface area contributed by atoms with Crippen LogP contribution in [0.15, 0.2) is 64.5 Å². The molecule has 1 aliphatic rings. The first-order valence-corrected chi connectivity index (χ1v) is 8.36. The smallest absolute Gasteiger partial charge is 0.271 e. The van der Waals surface area contributed by atoms with Crippen LogP contribution >= 0.6 is 0 Å². The van der Waals surface area contributed by atoms with Gasteiger partial charge in [-0.2, -0.15) is 5.11 Å². The van der Waals surface area contributed by atoms with Gasteiger partial charge in [0.1, 0.15) is 5.75 Å². The second-order valence-corrected chi connectivity index (χ2v) is 6.83. The first-order valence-electron chi connectivity index (χ1n) is 8.36. The van der Waals surface area contributed by atoms with Crippen molar-refractivity contribution in [3.63, 3.8) is 0 Å².